The van der Waals surface area contributed by atoms with Crippen LogP contribution >= 0.6 is 0 Å². The molecule has 4 N–H and O–H groups in total. The van der Waals surface area contributed by atoms with Crippen molar-refractivity contribution in [3.05, 3.63) is 0 Å². The van der Waals surface area contributed by atoms with E-state index in [1.54, 1.807) is 0 Å². The fourth-order valence-electron chi connectivity index (χ4n) is 1.77. The van der Waals surface area contributed by atoms with E-state index in [1.807, 2.05) is 6.92 Å². The average Bonchev–Trinajstić information content (AvgIpc) is 2.15. The van der Waals surface area contributed by atoms with Crippen molar-refractivity contribution in [1.82, 2.24) is 15.5 Å². The molecule has 2 unspecified atom stereocenters. The lowest BCUT2D eigenvalue weighted by Gasteiger charge is -2.33. The zero-order valence-electron chi connectivity index (χ0n) is 9.42. The van der Waals surface area contributed by atoms with Gasteiger partial charge < -0.3 is 16.4 Å². The Balaban J connectivity index is 2.04. The van der Waals surface area contributed by atoms with Crippen molar-refractivity contribution in [2.24, 2.45) is 5.73 Å². The van der Waals surface area contributed by atoms with Gasteiger partial charge in [0.1, 0.15) is 0 Å². The van der Waals surface area contributed by atoms with Crippen LogP contribution < -0.4 is 16.4 Å². The molecule has 14 heavy (non-hydrogen) atoms. The van der Waals surface area contributed by atoms with Gasteiger partial charge in [-0.2, -0.15) is 0 Å². The second kappa shape index (κ2) is 6.35. The quantitative estimate of drug-likeness (QED) is 0.510. The van der Waals surface area contributed by atoms with Gasteiger partial charge in [0.25, 0.3) is 0 Å². The Hall–Kier alpha value is -0.160. The van der Waals surface area contributed by atoms with Gasteiger partial charge in [-0.25, -0.2) is 0 Å². The molecule has 84 valence electrons. The third kappa shape index (κ3) is 4.37. The van der Waals surface area contributed by atoms with Crippen LogP contribution in [0.5, 0.6) is 0 Å². The molecule has 0 amide bonds. The van der Waals surface area contributed by atoms with E-state index < -0.39 is 0 Å². The summed E-state index contributed by atoms with van der Waals surface area (Å²) in [6.07, 6.45) is 0. The number of nitrogens with zero attached hydrogens (tertiary/aromatic N) is 1. The summed E-state index contributed by atoms with van der Waals surface area (Å²) < 4.78 is 0. The minimum atomic E-state index is 0.260. The van der Waals surface area contributed by atoms with Gasteiger partial charge in [0.15, 0.2) is 0 Å². The Morgan fingerprint density at radius 2 is 2.43 bits per heavy atom. The molecule has 1 aliphatic rings. The lowest BCUT2D eigenvalue weighted by molar-refractivity contribution is 0.174. The van der Waals surface area contributed by atoms with Gasteiger partial charge in [-0.3, -0.25) is 4.90 Å². The van der Waals surface area contributed by atoms with Crippen LogP contribution in [0.1, 0.15) is 13.8 Å². The van der Waals surface area contributed by atoms with Crippen molar-refractivity contribution in [2.45, 2.75) is 25.9 Å². The second-order valence-corrected chi connectivity index (χ2v) is 4.27. The smallest absolute Gasteiger partial charge is 0.0193 e. The molecule has 0 aromatic heterocycles. The summed E-state index contributed by atoms with van der Waals surface area (Å²) in [6, 6.07) is 0.927. The van der Waals surface area contributed by atoms with Crippen LogP contribution in [0, 0.1) is 0 Å². The molecule has 1 aliphatic heterocycles. The van der Waals surface area contributed by atoms with Gasteiger partial charge in [-0.1, -0.05) is 0 Å². The molecule has 0 aromatic carbocycles. The first-order valence-corrected chi connectivity index (χ1v) is 5.61. The number of piperazine rings is 1. The van der Waals surface area contributed by atoms with Crippen LogP contribution in [0.25, 0.3) is 0 Å². The van der Waals surface area contributed by atoms with E-state index in [2.05, 4.69) is 22.5 Å². The van der Waals surface area contributed by atoms with E-state index in [0.29, 0.717) is 6.04 Å². The van der Waals surface area contributed by atoms with Crippen molar-refractivity contribution in [3.63, 3.8) is 0 Å². The number of hydrogen-bond donors (Lipinski definition) is 3. The normalized spacial score (nSPS) is 26.4. The molecule has 2 atom stereocenters. The first-order valence-electron chi connectivity index (χ1n) is 5.61. The van der Waals surface area contributed by atoms with Crippen molar-refractivity contribution in [3.8, 4) is 0 Å². The summed E-state index contributed by atoms with van der Waals surface area (Å²) >= 11 is 0. The van der Waals surface area contributed by atoms with Crippen LogP contribution in [0.15, 0.2) is 0 Å². The molecular formula is C10H24N4. The molecule has 1 fully saturated rings. The molecule has 0 bridgehead atoms. The Kier molecular flexibility index (Phi) is 5.40. The number of rotatable bonds is 5. The van der Waals surface area contributed by atoms with Crippen LogP contribution in [-0.2, 0) is 0 Å². The van der Waals surface area contributed by atoms with Gasteiger partial charge in [-0.05, 0) is 13.8 Å². The first kappa shape index (κ1) is 11.9. The minimum absolute atomic E-state index is 0.260. The highest BCUT2D eigenvalue weighted by Gasteiger charge is 2.16. The molecule has 0 saturated carbocycles. The summed E-state index contributed by atoms with van der Waals surface area (Å²) in [6.45, 7) is 10.8. The number of nitrogens with one attached hydrogen (secondary N) is 2. The van der Waals surface area contributed by atoms with Gasteiger partial charge in [0.05, 0.1) is 0 Å². The topological polar surface area (TPSA) is 53.3 Å². The van der Waals surface area contributed by atoms with Crippen LogP contribution in [0.3, 0.4) is 0 Å². The summed E-state index contributed by atoms with van der Waals surface area (Å²) in [5.74, 6) is 0. The summed E-state index contributed by atoms with van der Waals surface area (Å²) in [5.41, 5.74) is 5.65. The van der Waals surface area contributed by atoms with E-state index in [4.69, 9.17) is 5.73 Å². The first-order chi connectivity index (χ1) is 6.70. The van der Waals surface area contributed by atoms with Gasteiger partial charge in [0.2, 0.25) is 0 Å². The third-order valence-corrected chi connectivity index (χ3v) is 2.68. The molecule has 1 rings (SSSR count). The summed E-state index contributed by atoms with van der Waals surface area (Å²) in [5, 5.41) is 6.76. The molecule has 1 saturated heterocycles. The number of hydrogen-bond acceptors (Lipinski definition) is 4. The zero-order chi connectivity index (χ0) is 10.4. The standard InChI is InChI=1S/C10H24N4/c1-9(11)7-12-3-5-14-6-4-13-8-10(14)2/h9-10,12-13H,3-8,11H2,1-2H3. The molecule has 0 radical (unpaired) electrons. The molecule has 0 spiro atoms. The predicted octanol–water partition coefficient (Wildman–Crippen LogP) is -0.783. The Morgan fingerprint density at radius 3 is 3.07 bits per heavy atom. The van der Waals surface area contributed by atoms with E-state index in [1.165, 1.54) is 6.54 Å². The molecule has 0 aromatic rings. The van der Waals surface area contributed by atoms with Crippen molar-refractivity contribution in [1.29, 1.82) is 0 Å². The molecule has 4 heteroatoms. The minimum Gasteiger partial charge on any atom is -0.327 e. The highest BCUT2D eigenvalue weighted by atomic mass is 15.2. The average molecular weight is 200 g/mol. The van der Waals surface area contributed by atoms with Crippen molar-refractivity contribution >= 4 is 0 Å². The van der Waals surface area contributed by atoms with E-state index in [0.717, 1.165) is 32.7 Å². The third-order valence-electron chi connectivity index (χ3n) is 2.68. The van der Waals surface area contributed by atoms with Crippen molar-refractivity contribution in [2.75, 3.05) is 39.3 Å². The summed E-state index contributed by atoms with van der Waals surface area (Å²) in [4.78, 5) is 2.52. The highest BCUT2D eigenvalue weighted by Crippen LogP contribution is 2.00. The van der Waals surface area contributed by atoms with E-state index >= 15 is 0 Å². The zero-order valence-corrected chi connectivity index (χ0v) is 9.42. The highest BCUT2D eigenvalue weighted by molar-refractivity contribution is 4.76. The fraction of sp³-hybridized carbons (Fsp3) is 1.00. The summed E-state index contributed by atoms with van der Waals surface area (Å²) in [7, 11) is 0. The maximum Gasteiger partial charge on any atom is 0.0193 e. The largest absolute Gasteiger partial charge is 0.327 e. The van der Waals surface area contributed by atoms with Crippen LogP contribution in [0.2, 0.25) is 0 Å². The van der Waals surface area contributed by atoms with Crippen LogP contribution in [-0.4, -0.2) is 56.3 Å². The molecule has 1 heterocycles. The lowest BCUT2D eigenvalue weighted by atomic mass is 10.2. The van der Waals surface area contributed by atoms with Crippen molar-refractivity contribution < 1.29 is 0 Å². The Bertz CT molecular complexity index is 149. The maximum atomic E-state index is 5.65. The predicted molar refractivity (Wildman–Crippen MR) is 60.4 cm³/mol. The van der Waals surface area contributed by atoms with E-state index in [-0.39, 0.29) is 6.04 Å². The molecule has 4 nitrogen and oxygen atoms in total. The van der Waals surface area contributed by atoms with Gasteiger partial charge in [-0.15, -0.1) is 0 Å². The second-order valence-electron chi connectivity index (χ2n) is 4.27. The monoisotopic (exact) mass is 200 g/mol. The Labute approximate surface area is 87.2 Å². The SMILES string of the molecule is CC(N)CNCCN1CCNCC1C. The van der Waals surface area contributed by atoms with E-state index in [9.17, 15) is 0 Å². The fourth-order valence-corrected chi connectivity index (χ4v) is 1.77. The van der Waals surface area contributed by atoms with Gasteiger partial charge >= 0.3 is 0 Å². The number of nitrogens with two attached hydrogens (primary N) is 1. The van der Waals surface area contributed by atoms with Crippen LogP contribution in [0.4, 0.5) is 0 Å². The lowest BCUT2D eigenvalue weighted by Crippen LogP contribution is -2.51. The molecule has 0 aliphatic carbocycles. The molecular weight excluding hydrogens is 176 g/mol. The Morgan fingerprint density at radius 1 is 1.64 bits per heavy atom. The van der Waals surface area contributed by atoms with Gasteiger partial charge in [0, 0.05) is 51.4 Å². The maximum absolute atomic E-state index is 5.65.